The third-order valence-electron chi connectivity index (χ3n) is 1.44. The molecule has 0 rings (SSSR count). The van der Waals surface area contributed by atoms with Gasteiger partial charge in [0.05, 0.1) is 0 Å². The fraction of sp³-hybridized carbons (Fsp3) is 0.429. The topological polar surface area (TPSA) is 102 Å². The molecule has 12 heavy (non-hydrogen) atoms. The Hall–Kier alpha value is -1.36. The SMILES string of the molecule is C/C=C(\C[C@H]([NH3+])C(=O)O)C(=O)O. The van der Waals surface area contributed by atoms with Crippen molar-refractivity contribution in [3.8, 4) is 0 Å². The Morgan fingerprint density at radius 3 is 2.25 bits per heavy atom. The summed E-state index contributed by atoms with van der Waals surface area (Å²) in [5.74, 6) is -2.18. The zero-order valence-corrected chi connectivity index (χ0v) is 6.78. The average molecular weight is 174 g/mol. The molecule has 0 heterocycles. The van der Waals surface area contributed by atoms with Gasteiger partial charge in [0.15, 0.2) is 6.04 Å². The van der Waals surface area contributed by atoms with E-state index in [1.807, 2.05) is 0 Å². The van der Waals surface area contributed by atoms with Gasteiger partial charge in [0, 0.05) is 12.0 Å². The summed E-state index contributed by atoms with van der Waals surface area (Å²) in [5.41, 5.74) is 3.38. The lowest BCUT2D eigenvalue weighted by atomic mass is 10.1. The molecule has 0 aliphatic carbocycles. The number of rotatable bonds is 4. The highest BCUT2D eigenvalue weighted by Gasteiger charge is 2.20. The Balaban J connectivity index is 4.23. The first-order chi connectivity index (χ1) is 5.49. The van der Waals surface area contributed by atoms with E-state index in [0.717, 1.165) is 0 Å². The summed E-state index contributed by atoms with van der Waals surface area (Å²) in [5, 5.41) is 16.9. The Kier molecular flexibility index (Phi) is 3.99. The van der Waals surface area contributed by atoms with Gasteiger partial charge in [-0.3, -0.25) is 0 Å². The maximum atomic E-state index is 10.4. The molecule has 0 radical (unpaired) electrons. The zero-order valence-electron chi connectivity index (χ0n) is 6.78. The van der Waals surface area contributed by atoms with E-state index in [2.05, 4.69) is 5.73 Å². The van der Waals surface area contributed by atoms with Crippen LogP contribution in [0.25, 0.3) is 0 Å². The van der Waals surface area contributed by atoms with Crippen molar-refractivity contribution in [2.75, 3.05) is 0 Å². The van der Waals surface area contributed by atoms with Gasteiger partial charge >= 0.3 is 11.9 Å². The molecule has 0 fully saturated rings. The second-order valence-corrected chi connectivity index (χ2v) is 2.36. The second-order valence-electron chi connectivity index (χ2n) is 2.36. The minimum atomic E-state index is -1.09. The molecule has 68 valence electrons. The van der Waals surface area contributed by atoms with E-state index < -0.39 is 18.0 Å². The molecule has 5 heteroatoms. The van der Waals surface area contributed by atoms with Crippen LogP contribution in [-0.4, -0.2) is 28.2 Å². The number of quaternary nitrogens is 1. The molecular formula is C7H12NO4+. The van der Waals surface area contributed by atoms with Gasteiger partial charge in [0.2, 0.25) is 0 Å². The highest BCUT2D eigenvalue weighted by molar-refractivity contribution is 5.87. The van der Waals surface area contributed by atoms with Crippen LogP contribution in [0.4, 0.5) is 0 Å². The molecular weight excluding hydrogens is 162 g/mol. The van der Waals surface area contributed by atoms with Gasteiger partial charge in [0.25, 0.3) is 0 Å². The first kappa shape index (κ1) is 10.6. The molecule has 0 aromatic carbocycles. The summed E-state index contributed by atoms with van der Waals surface area (Å²) in [7, 11) is 0. The molecule has 0 spiro atoms. The van der Waals surface area contributed by atoms with Crippen LogP contribution in [0.3, 0.4) is 0 Å². The molecule has 5 N–H and O–H groups in total. The number of hydrogen-bond acceptors (Lipinski definition) is 2. The van der Waals surface area contributed by atoms with Crippen LogP contribution in [0, 0.1) is 0 Å². The highest BCUT2D eigenvalue weighted by atomic mass is 16.4. The van der Waals surface area contributed by atoms with Gasteiger partial charge in [-0.2, -0.15) is 0 Å². The first-order valence-corrected chi connectivity index (χ1v) is 3.43. The van der Waals surface area contributed by atoms with Gasteiger partial charge in [-0.15, -0.1) is 0 Å². The van der Waals surface area contributed by atoms with E-state index >= 15 is 0 Å². The van der Waals surface area contributed by atoms with Gasteiger partial charge in [-0.05, 0) is 6.92 Å². The summed E-state index contributed by atoms with van der Waals surface area (Å²) < 4.78 is 0. The van der Waals surface area contributed by atoms with Crippen LogP contribution in [0.15, 0.2) is 11.6 Å². The smallest absolute Gasteiger partial charge is 0.362 e. The lowest BCUT2D eigenvalue weighted by Gasteiger charge is -2.02. The third-order valence-corrected chi connectivity index (χ3v) is 1.44. The second kappa shape index (κ2) is 4.50. The van der Waals surface area contributed by atoms with Gasteiger partial charge in [0.1, 0.15) is 0 Å². The van der Waals surface area contributed by atoms with Crippen LogP contribution in [0.1, 0.15) is 13.3 Å². The minimum Gasteiger partial charge on any atom is -0.478 e. The Morgan fingerprint density at radius 1 is 1.50 bits per heavy atom. The van der Waals surface area contributed by atoms with Crippen molar-refractivity contribution in [1.82, 2.24) is 0 Å². The number of carbonyl (C=O) groups is 2. The summed E-state index contributed by atoms with van der Waals surface area (Å²) in [4.78, 5) is 20.7. The molecule has 0 aromatic heterocycles. The van der Waals surface area contributed by atoms with Crippen molar-refractivity contribution < 1.29 is 25.5 Å². The van der Waals surface area contributed by atoms with E-state index in [0.29, 0.717) is 0 Å². The largest absolute Gasteiger partial charge is 0.478 e. The Labute approximate surface area is 69.5 Å². The van der Waals surface area contributed by atoms with Crippen molar-refractivity contribution >= 4 is 11.9 Å². The number of hydrogen-bond donors (Lipinski definition) is 3. The monoisotopic (exact) mass is 174 g/mol. The van der Waals surface area contributed by atoms with Gasteiger partial charge < -0.3 is 15.9 Å². The van der Waals surface area contributed by atoms with E-state index in [4.69, 9.17) is 10.2 Å². The van der Waals surface area contributed by atoms with E-state index in [9.17, 15) is 9.59 Å². The molecule has 0 aromatic rings. The van der Waals surface area contributed by atoms with Crippen molar-refractivity contribution in [2.24, 2.45) is 0 Å². The molecule has 0 amide bonds. The average Bonchev–Trinajstić information content (AvgIpc) is 1.98. The van der Waals surface area contributed by atoms with E-state index in [1.54, 1.807) is 6.92 Å². The molecule has 0 unspecified atom stereocenters. The summed E-state index contributed by atoms with van der Waals surface area (Å²) >= 11 is 0. The molecule has 0 saturated heterocycles. The highest BCUT2D eigenvalue weighted by Crippen LogP contribution is 2.02. The molecule has 0 aliphatic rings. The molecule has 1 atom stereocenters. The molecule has 5 nitrogen and oxygen atoms in total. The lowest BCUT2D eigenvalue weighted by molar-refractivity contribution is -0.406. The molecule has 0 aliphatic heterocycles. The van der Waals surface area contributed by atoms with Crippen molar-refractivity contribution in [3.63, 3.8) is 0 Å². The van der Waals surface area contributed by atoms with Crippen LogP contribution < -0.4 is 5.73 Å². The Bertz CT molecular complexity index is 221. The number of aliphatic carboxylic acids is 2. The Morgan fingerprint density at radius 2 is 2.00 bits per heavy atom. The maximum absolute atomic E-state index is 10.4. The van der Waals surface area contributed by atoms with Crippen molar-refractivity contribution in [3.05, 3.63) is 11.6 Å². The van der Waals surface area contributed by atoms with Crippen molar-refractivity contribution in [2.45, 2.75) is 19.4 Å². The van der Waals surface area contributed by atoms with Crippen LogP contribution in [-0.2, 0) is 9.59 Å². The maximum Gasteiger partial charge on any atom is 0.362 e. The van der Waals surface area contributed by atoms with E-state index in [-0.39, 0.29) is 12.0 Å². The summed E-state index contributed by atoms with van der Waals surface area (Å²) in [6.07, 6.45) is 1.34. The normalized spacial score (nSPS) is 14.0. The number of carboxylic acid groups (broad SMARTS) is 2. The van der Waals surface area contributed by atoms with Gasteiger partial charge in [-0.25, -0.2) is 9.59 Å². The standard InChI is InChI=1S/C7H11NO4/c1-2-4(6(9)10)3-5(8)7(11)12/h2,5H,3,8H2,1H3,(H,9,10)(H,11,12)/p+1/b4-2+/t5-/m0/s1. The lowest BCUT2D eigenvalue weighted by Crippen LogP contribution is -2.65. The predicted molar refractivity (Wildman–Crippen MR) is 40.3 cm³/mol. The van der Waals surface area contributed by atoms with Crippen LogP contribution >= 0.6 is 0 Å². The van der Waals surface area contributed by atoms with Gasteiger partial charge in [-0.1, -0.05) is 6.08 Å². The van der Waals surface area contributed by atoms with Crippen LogP contribution in [0.5, 0.6) is 0 Å². The fourth-order valence-electron chi connectivity index (χ4n) is 0.681. The molecule has 0 saturated carbocycles. The fourth-order valence-corrected chi connectivity index (χ4v) is 0.681. The quantitative estimate of drug-likeness (QED) is 0.481. The number of carboxylic acids is 2. The first-order valence-electron chi connectivity index (χ1n) is 3.43. The van der Waals surface area contributed by atoms with Crippen molar-refractivity contribution in [1.29, 1.82) is 0 Å². The minimum absolute atomic E-state index is 0.0405. The zero-order chi connectivity index (χ0) is 9.72. The predicted octanol–water partition coefficient (Wildman–Crippen LogP) is -0.897. The molecule has 0 bridgehead atoms. The summed E-state index contributed by atoms with van der Waals surface area (Å²) in [6, 6.07) is -0.896. The summed E-state index contributed by atoms with van der Waals surface area (Å²) in [6.45, 7) is 1.55. The number of allylic oxidation sites excluding steroid dienone is 1. The third kappa shape index (κ3) is 3.16. The van der Waals surface area contributed by atoms with Crippen LogP contribution in [0.2, 0.25) is 0 Å². The van der Waals surface area contributed by atoms with E-state index in [1.165, 1.54) is 6.08 Å².